The molecule has 7 heteroatoms. The van der Waals surface area contributed by atoms with Crippen molar-refractivity contribution in [1.82, 2.24) is 4.90 Å². The average molecular weight is 322 g/mol. The third-order valence-electron chi connectivity index (χ3n) is 4.25. The van der Waals surface area contributed by atoms with Crippen molar-refractivity contribution in [2.75, 3.05) is 33.0 Å². The summed E-state index contributed by atoms with van der Waals surface area (Å²) >= 11 is 0. The van der Waals surface area contributed by atoms with Gasteiger partial charge in [0.25, 0.3) is 0 Å². The van der Waals surface area contributed by atoms with Crippen molar-refractivity contribution in [3.63, 3.8) is 0 Å². The molecule has 1 aromatic carbocycles. The van der Waals surface area contributed by atoms with Crippen molar-refractivity contribution in [1.29, 1.82) is 0 Å². The van der Waals surface area contributed by atoms with E-state index in [0.29, 0.717) is 23.8 Å². The van der Waals surface area contributed by atoms with Crippen LogP contribution in [-0.2, 0) is 4.79 Å². The molecule has 1 saturated heterocycles. The zero-order chi connectivity index (χ0) is 16.2. The van der Waals surface area contributed by atoms with Gasteiger partial charge in [0.1, 0.15) is 18.5 Å². The summed E-state index contributed by atoms with van der Waals surface area (Å²) in [5, 5.41) is 10.1. The SMILES string of the molecule is NC(=O)C1CCN(C[C@H](O)COc2ccc3c(c2)OCO3)CC1. The predicted octanol–water partition coefficient (Wildman–Crippen LogP) is 0.352. The van der Waals surface area contributed by atoms with Gasteiger partial charge in [-0.05, 0) is 38.1 Å². The molecule has 2 heterocycles. The number of β-amino-alcohol motifs (C(OH)–C–C–N with tert-alkyl or cyclic N) is 1. The first kappa shape index (κ1) is 15.9. The number of aliphatic hydroxyl groups excluding tert-OH is 1. The van der Waals surface area contributed by atoms with Crippen LogP contribution >= 0.6 is 0 Å². The number of aliphatic hydroxyl groups is 1. The normalized spacial score (nSPS) is 19.5. The van der Waals surface area contributed by atoms with Gasteiger partial charge in [0.15, 0.2) is 11.5 Å². The number of rotatable bonds is 6. The Morgan fingerprint density at radius 1 is 1.35 bits per heavy atom. The van der Waals surface area contributed by atoms with E-state index in [1.165, 1.54) is 0 Å². The summed E-state index contributed by atoms with van der Waals surface area (Å²) in [5.41, 5.74) is 5.32. The molecule has 2 aliphatic heterocycles. The molecule has 0 spiro atoms. The molecule has 0 aliphatic carbocycles. The van der Waals surface area contributed by atoms with Gasteiger partial charge in [-0.2, -0.15) is 0 Å². The lowest BCUT2D eigenvalue weighted by Gasteiger charge is -2.31. The highest BCUT2D eigenvalue weighted by Gasteiger charge is 2.24. The summed E-state index contributed by atoms with van der Waals surface area (Å²) in [6, 6.07) is 5.34. The molecule has 0 bridgehead atoms. The van der Waals surface area contributed by atoms with Crippen LogP contribution < -0.4 is 19.9 Å². The van der Waals surface area contributed by atoms with Gasteiger partial charge in [-0.1, -0.05) is 0 Å². The van der Waals surface area contributed by atoms with Crippen LogP contribution in [0.25, 0.3) is 0 Å². The molecule has 1 aromatic rings. The van der Waals surface area contributed by atoms with Gasteiger partial charge in [0.2, 0.25) is 12.7 Å². The molecule has 0 radical (unpaired) electrons. The Kier molecular flexibility index (Phi) is 4.88. The van der Waals surface area contributed by atoms with Crippen LogP contribution in [0.5, 0.6) is 17.2 Å². The molecule has 7 nitrogen and oxygen atoms in total. The molecule has 0 unspecified atom stereocenters. The van der Waals surface area contributed by atoms with Crippen molar-refractivity contribution in [2.45, 2.75) is 18.9 Å². The minimum atomic E-state index is -0.592. The van der Waals surface area contributed by atoms with Crippen molar-refractivity contribution >= 4 is 5.91 Å². The molecule has 0 aromatic heterocycles. The number of piperidine rings is 1. The highest BCUT2D eigenvalue weighted by atomic mass is 16.7. The molecule has 23 heavy (non-hydrogen) atoms. The summed E-state index contributed by atoms with van der Waals surface area (Å²) in [6.45, 7) is 2.50. The first-order valence-electron chi connectivity index (χ1n) is 7.84. The number of likely N-dealkylation sites (tertiary alicyclic amines) is 1. The smallest absolute Gasteiger partial charge is 0.231 e. The fourth-order valence-electron chi connectivity index (χ4n) is 2.91. The summed E-state index contributed by atoms with van der Waals surface area (Å²) in [7, 11) is 0. The molecule has 1 fully saturated rings. The van der Waals surface area contributed by atoms with Crippen LogP contribution in [0.1, 0.15) is 12.8 Å². The minimum absolute atomic E-state index is 0.0340. The topological polar surface area (TPSA) is 94.3 Å². The van der Waals surface area contributed by atoms with E-state index in [0.717, 1.165) is 25.9 Å². The van der Waals surface area contributed by atoms with Gasteiger partial charge in [-0.3, -0.25) is 4.79 Å². The predicted molar refractivity (Wildman–Crippen MR) is 82.4 cm³/mol. The molecule has 1 atom stereocenters. The summed E-state index contributed by atoms with van der Waals surface area (Å²) in [4.78, 5) is 13.3. The molecular weight excluding hydrogens is 300 g/mol. The maximum Gasteiger partial charge on any atom is 0.231 e. The Labute approximate surface area is 134 Å². The Morgan fingerprint density at radius 3 is 2.83 bits per heavy atom. The Bertz CT molecular complexity index is 557. The number of hydrogen-bond acceptors (Lipinski definition) is 6. The first-order chi connectivity index (χ1) is 11.1. The lowest BCUT2D eigenvalue weighted by molar-refractivity contribution is -0.123. The number of fused-ring (bicyclic) bond motifs is 1. The third kappa shape index (κ3) is 4.05. The van der Waals surface area contributed by atoms with Crippen molar-refractivity contribution < 1.29 is 24.1 Å². The second-order valence-corrected chi connectivity index (χ2v) is 5.96. The van der Waals surface area contributed by atoms with Crippen molar-refractivity contribution in [2.24, 2.45) is 11.7 Å². The van der Waals surface area contributed by atoms with E-state index in [1.807, 2.05) is 0 Å². The molecular formula is C16H22N2O5. The molecule has 3 N–H and O–H groups in total. The zero-order valence-corrected chi connectivity index (χ0v) is 12.9. The third-order valence-corrected chi connectivity index (χ3v) is 4.25. The molecule has 0 saturated carbocycles. The quantitative estimate of drug-likeness (QED) is 0.785. The Morgan fingerprint density at radius 2 is 2.09 bits per heavy atom. The number of primary amides is 1. The summed E-state index contributed by atoms with van der Waals surface area (Å²) < 4.78 is 16.1. The molecule has 3 rings (SSSR count). The average Bonchev–Trinajstić information content (AvgIpc) is 3.01. The number of hydrogen-bond donors (Lipinski definition) is 2. The van der Waals surface area contributed by atoms with E-state index in [-0.39, 0.29) is 25.2 Å². The van der Waals surface area contributed by atoms with Crippen molar-refractivity contribution in [3.8, 4) is 17.2 Å². The monoisotopic (exact) mass is 322 g/mol. The number of nitrogens with zero attached hydrogens (tertiary/aromatic N) is 1. The lowest BCUT2D eigenvalue weighted by Crippen LogP contribution is -2.43. The van der Waals surface area contributed by atoms with E-state index < -0.39 is 6.10 Å². The fraction of sp³-hybridized carbons (Fsp3) is 0.562. The van der Waals surface area contributed by atoms with E-state index in [2.05, 4.69) is 4.90 Å². The molecule has 2 aliphatic rings. The Hall–Kier alpha value is -1.99. The van der Waals surface area contributed by atoms with E-state index in [1.54, 1.807) is 18.2 Å². The van der Waals surface area contributed by atoms with Gasteiger partial charge in [-0.15, -0.1) is 0 Å². The molecule has 126 valence electrons. The molecule has 1 amide bonds. The number of carbonyl (C=O) groups is 1. The van der Waals surface area contributed by atoms with Gasteiger partial charge in [-0.25, -0.2) is 0 Å². The van der Waals surface area contributed by atoms with Crippen LogP contribution in [0.4, 0.5) is 0 Å². The summed E-state index contributed by atoms with van der Waals surface area (Å²) in [6.07, 6.45) is 0.918. The van der Waals surface area contributed by atoms with Crippen LogP contribution in [0.2, 0.25) is 0 Å². The van der Waals surface area contributed by atoms with E-state index in [9.17, 15) is 9.90 Å². The van der Waals surface area contributed by atoms with Gasteiger partial charge in [0.05, 0.1) is 0 Å². The first-order valence-corrected chi connectivity index (χ1v) is 7.84. The minimum Gasteiger partial charge on any atom is -0.491 e. The maximum atomic E-state index is 11.1. The standard InChI is InChI=1S/C16H22N2O5/c17-16(20)11-3-5-18(6-4-11)8-12(19)9-21-13-1-2-14-15(7-13)23-10-22-14/h1-2,7,11-12,19H,3-6,8-10H2,(H2,17,20)/t12-/m0/s1. The fourth-order valence-corrected chi connectivity index (χ4v) is 2.91. The maximum absolute atomic E-state index is 11.1. The van der Waals surface area contributed by atoms with E-state index >= 15 is 0 Å². The van der Waals surface area contributed by atoms with Crippen molar-refractivity contribution in [3.05, 3.63) is 18.2 Å². The second-order valence-electron chi connectivity index (χ2n) is 5.96. The number of ether oxygens (including phenoxy) is 3. The van der Waals surface area contributed by atoms with Gasteiger partial charge >= 0.3 is 0 Å². The number of nitrogens with two attached hydrogens (primary N) is 1. The number of carbonyl (C=O) groups excluding carboxylic acids is 1. The highest BCUT2D eigenvalue weighted by Crippen LogP contribution is 2.35. The van der Waals surface area contributed by atoms with Crippen LogP contribution in [0.15, 0.2) is 18.2 Å². The van der Waals surface area contributed by atoms with Crippen LogP contribution in [0.3, 0.4) is 0 Å². The van der Waals surface area contributed by atoms with Crippen LogP contribution in [0, 0.1) is 5.92 Å². The Balaban J connectivity index is 1.41. The van der Waals surface area contributed by atoms with E-state index in [4.69, 9.17) is 19.9 Å². The second kappa shape index (κ2) is 7.06. The number of benzene rings is 1. The van der Waals surface area contributed by atoms with Gasteiger partial charge in [0, 0.05) is 18.5 Å². The van der Waals surface area contributed by atoms with Gasteiger partial charge < -0.3 is 30.0 Å². The summed E-state index contributed by atoms with van der Waals surface area (Å²) in [5.74, 6) is 1.74. The lowest BCUT2D eigenvalue weighted by atomic mass is 9.96. The zero-order valence-electron chi connectivity index (χ0n) is 12.9. The number of amides is 1. The largest absolute Gasteiger partial charge is 0.491 e. The van der Waals surface area contributed by atoms with Crippen LogP contribution in [-0.4, -0.2) is 55.1 Å². The highest BCUT2D eigenvalue weighted by molar-refractivity contribution is 5.76.